The SMILES string of the molecule is CC(C)CNC(=O)c1cc2n(c1)CCOC2. The first-order valence-electron chi connectivity index (χ1n) is 5.72. The Morgan fingerprint density at radius 2 is 2.44 bits per heavy atom. The van der Waals surface area contributed by atoms with E-state index in [0.717, 1.165) is 31.0 Å². The molecule has 0 saturated heterocycles. The Balaban J connectivity index is 2.03. The summed E-state index contributed by atoms with van der Waals surface area (Å²) in [6.07, 6.45) is 1.91. The fourth-order valence-corrected chi connectivity index (χ4v) is 1.75. The quantitative estimate of drug-likeness (QED) is 0.840. The van der Waals surface area contributed by atoms with Crippen LogP contribution >= 0.6 is 0 Å². The van der Waals surface area contributed by atoms with Crippen molar-refractivity contribution < 1.29 is 9.53 Å². The molecule has 0 unspecified atom stereocenters. The maximum absolute atomic E-state index is 11.8. The number of amides is 1. The topological polar surface area (TPSA) is 43.3 Å². The molecule has 4 heteroatoms. The van der Waals surface area contributed by atoms with Crippen LogP contribution in [0.25, 0.3) is 0 Å². The lowest BCUT2D eigenvalue weighted by Gasteiger charge is -2.14. The molecule has 2 heterocycles. The molecule has 1 aliphatic rings. The highest BCUT2D eigenvalue weighted by Crippen LogP contribution is 2.14. The number of hydrogen-bond acceptors (Lipinski definition) is 2. The van der Waals surface area contributed by atoms with E-state index in [1.807, 2.05) is 12.3 Å². The molecule has 1 amide bonds. The lowest BCUT2D eigenvalue weighted by atomic mass is 10.2. The van der Waals surface area contributed by atoms with Crippen molar-refractivity contribution in [2.24, 2.45) is 5.92 Å². The van der Waals surface area contributed by atoms with Gasteiger partial charge in [-0.05, 0) is 12.0 Å². The van der Waals surface area contributed by atoms with Crippen LogP contribution < -0.4 is 5.32 Å². The summed E-state index contributed by atoms with van der Waals surface area (Å²) in [5.74, 6) is 0.486. The summed E-state index contributed by atoms with van der Waals surface area (Å²) in [6, 6.07) is 1.91. The summed E-state index contributed by atoms with van der Waals surface area (Å²) in [5, 5.41) is 2.91. The number of hydrogen-bond donors (Lipinski definition) is 1. The van der Waals surface area contributed by atoms with Crippen molar-refractivity contribution in [3.63, 3.8) is 0 Å². The van der Waals surface area contributed by atoms with Crippen molar-refractivity contribution in [2.45, 2.75) is 27.0 Å². The van der Waals surface area contributed by atoms with Gasteiger partial charge in [0.15, 0.2) is 0 Å². The Morgan fingerprint density at radius 3 is 3.12 bits per heavy atom. The molecule has 0 radical (unpaired) electrons. The molecule has 1 aliphatic heterocycles. The zero-order chi connectivity index (χ0) is 11.5. The van der Waals surface area contributed by atoms with E-state index in [4.69, 9.17) is 4.74 Å². The van der Waals surface area contributed by atoms with Gasteiger partial charge in [-0.1, -0.05) is 13.8 Å². The molecule has 0 fully saturated rings. The largest absolute Gasteiger partial charge is 0.373 e. The van der Waals surface area contributed by atoms with Crippen molar-refractivity contribution in [1.82, 2.24) is 9.88 Å². The van der Waals surface area contributed by atoms with Gasteiger partial charge in [-0.3, -0.25) is 4.79 Å². The van der Waals surface area contributed by atoms with Gasteiger partial charge in [0, 0.05) is 25.0 Å². The summed E-state index contributed by atoms with van der Waals surface area (Å²) in [7, 11) is 0. The third-order valence-electron chi connectivity index (χ3n) is 2.65. The Hall–Kier alpha value is -1.29. The van der Waals surface area contributed by atoms with Gasteiger partial charge in [-0.2, -0.15) is 0 Å². The van der Waals surface area contributed by atoms with Crippen LogP contribution in [0.2, 0.25) is 0 Å². The van der Waals surface area contributed by atoms with E-state index in [0.29, 0.717) is 12.5 Å². The van der Waals surface area contributed by atoms with E-state index in [1.165, 1.54) is 0 Å². The van der Waals surface area contributed by atoms with Gasteiger partial charge in [0.05, 0.1) is 18.8 Å². The number of carbonyl (C=O) groups is 1. The molecular formula is C12H18N2O2. The molecule has 2 rings (SSSR count). The maximum Gasteiger partial charge on any atom is 0.252 e. The number of aromatic nitrogens is 1. The molecule has 88 valence electrons. The number of nitrogens with one attached hydrogen (secondary N) is 1. The molecule has 0 bridgehead atoms. The van der Waals surface area contributed by atoms with E-state index in [2.05, 4.69) is 23.7 Å². The Kier molecular flexibility index (Phi) is 3.29. The minimum absolute atomic E-state index is 0.00981. The van der Waals surface area contributed by atoms with Gasteiger partial charge in [0.2, 0.25) is 0 Å². The van der Waals surface area contributed by atoms with Gasteiger partial charge in [-0.25, -0.2) is 0 Å². The predicted molar refractivity (Wildman–Crippen MR) is 61.3 cm³/mol. The minimum Gasteiger partial charge on any atom is -0.373 e. The first-order valence-corrected chi connectivity index (χ1v) is 5.72. The maximum atomic E-state index is 11.8. The summed E-state index contributed by atoms with van der Waals surface area (Å²) in [4.78, 5) is 11.8. The average Bonchev–Trinajstić information content (AvgIpc) is 2.69. The number of rotatable bonds is 3. The van der Waals surface area contributed by atoms with Gasteiger partial charge in [-0.15, -0.1) is 0 Å². The molecule has 1 aromatic rings. The van der Waals surface area contributed by atoms with Crippen LogP contribution in [0.1, 0.15) is 29.9 Å². The van der Waals surface area contributed by atoms with Gasteiger partial charge in [0.1, 0.15) is 0 Å². The van der Waals surface area contributed by atoms with Crippen LogP contribution in [0, 0.1) is 5.92 Å². The highest BCUT2D eigenvalue weighted by atomic mass is 16.5. The Bertz CT molecular complexity index is 359. The summed E-state index contributed by atoms with van der Waals surface area (Å²) in [6.45, 7) is 7.06. The third kappa shape index (κ3) is 2.44. The molecule has 0 spiro atoms. The van der Waals surface area contributed by atoms with E-state index < -0.39 is 0 Å². The van der Waals surface area contributed by atoms with Crippen LogP contribution in [-0.4, -0.2) is 23.6 Å². The third-order valence-corrected chi connectivity index (χ3v) is 2.65. The van der Waals surface area contributed by atoms with Crippen LogP contribution in [-0.2, 0) is 17.9 Å². The predicted octanol–water partition coefficient (Wildman–Crippen LogP) is 1.40. The van der Waals surface area contributed by atoms with Crippen molar-refractivity contribution >= 4 is 5.91 Å². The summed E-state index contributed by atoms with van der Waals surface area (Å²) in [5.41, 5.74) is 1.82. The van der Waals surface area contributed by atoms with Crippen molar-refractivity contribution in [2.75, 3.05) is 13.2 Å². The first kappa shape index (κ1) is 11.2. The molecule has 4 nitrogen and oxygen atoms in total. The molecule has 1 aromatic heterocycles. The van der Waals surface area contributed by atoms with Gasteiger partial charge < -0.3 is 14.6 Å². The monoisotopic (exact) mass is 222 g/mol. The second-order valence-corrected chi connectivity index (χ2v) is 4.57. The fraction of sp³-hybridized carbons (Fsp3) is 0.583. The smallest absolute Gasteiger partial charge is 0.252 e. The highest BCUT2D eigenvalue weighted by molar-refractivity contribution is 5.94. The van der Waals surface area contributed by atoms with Gasteiger partial charge in [0.25, 0.3) is 5.91 Å². The molecule has 16 heavy (non-hydrogen) atoms. The molecule has 0 atom stereocenters. The molecule has 1 N–H and O–H groups in total. The second-order valence-electron chi connectivity index (χ2n) is 4.57. The van der Waals surface area contributed by atoms with Crippen LogP contribution in [0.15, 0.2) is 12.3 Å². The number of nitrogens with zero attached hydrogens (tertiary/aromatic N) is 1. The fourth-order valence-electron chi connectivity index (χ4n) is 1.75. The zero-order valence-electron chi connectivity index (χ0n) is 9.82. The highest BCUT2D eigenvalue weighted by Gasteiger charge is 2.14. The second kappa shape index (κ2) is 4.70. The molecular weight excluding hydrogens is 204 g/mol. The Morgan fingerprint density at radius 1 is 1.62 bits per heavy atom. The van der Waals surface area contributed by atoms with Crippen molar-refractivity contribution in [3.05, 3.63) is 23.5 Å². The normalized spacial score (nSPS) is 14.9. The number of ether oxygens (including phenoxy) is 1. The average molecular weight is 222 g/mol. The van der Waals surface area contributed by atoms with Crippen molar-refractivity contribution in [3.8, 4) is 0 Å². The minimum atomic E-state index is 0.00981. The molecule has 0 saturated carbocycles. The first-order chi connectivity index (χ1) is 7.66. The van der Waals surface area contributed by atoms with E-state index >= 15 is 0 Å². The zero-order valence-corrected chi connectivity index (χ0v) is 9.82. The number of carbonyl (C=O) groups excluding carboxylic acids is 1. The summed E-state index contributed by atoms with van der Waals surface area (Å²) >= 11 is 0. The molecule has 0 aliphatic carbocycles. The molecule has 0 aromatic carbocycles. The van der Waals surface area contributed by atoms with Crippen LogP contribution in [0.4, 0.5) is 0 Å². The summed E-state index contributed by atoms with van der Waals surface area (Å²) < 4.78 is 7.43. The lowest BCUT2D eigenvalue weighted by molar-refractivity contribution is 0.0850. The lowest BCUT2D eigenvalue weighted by Crippen LogP contribution is -2.26. The Labute approximate surface area is 95.6 Å². The van der Waals surface area contributed by atoms with E-state index in [9.17, 15) is 4.79 Å². The van der Waals surface area contributed by atoms with Gasteiger partial charge >= 0.3 is 0 Å². The van der Waals surface area contributed by atoms with E-state index in [1.54, 1.807) is 0 Å². The van der Waals surface area contributed by atoms with Crippen LogP contribution in [0.3, 0.4) is 0 Å². The number of fused-ring (bicyclic) bond motifs is 1. The standard InChI is InChI=1S/C12H18N2O2/c1-9(2)6-13-12(15)10-5-11-8-16-4-3-14(11)7-10/h5,7,9H,3-4,6,8H2,1-2H3,(H,13,15). The van der Waals surface area contributed by atoms with E-state index in [-0.39, 0.29) is 5.91 Å². The van der Waals surface area contributed by atoms with Crippen LogP contribution in [0.5, 0.6) is 0 Å². The van der Waals surface area contributed by atoms with Crippen molar-refractivity contribution in [1.29, 1.82) is 0 Å².